The van der Waals surface area contributed by atoms with Gasteiger partial charge in [0.15, 0.2) is 0 Å². The van der Waals surface area contributed by atoms with Crippen molar-refractivity contribution in [2.75, 3.05) is 0 Å². The summed E-state index contributed by atoms with van der Waals surface area (Å²) >= 11 is 1.40. The molecule has 0 amide bonds. The second-order valence-electron chi connectivity index (χ2n) is 3.86. The van der Waals surface area contributed by atoms with Crippen LogP contribution in [-0.4, -0.2) is 11.1 Å². The Hall–Kier alpha value is -2.76. The summed E-state index contributed by atoms with van der Waals surface area (Å²) in [6.07, 6.45) is 0. The van der Waals surface area contributed by atoms with Gasteiger partial charge in [0.1, 0.15) is 12.1 Å². The molecule has 0 aliphatic carbocycles. The molecular weight excluding hydrogens is 272 g/mol. The molecule has 20 heavy (non-hydrogen) atoms. The van der Waals surface area contributed by atoms with Crippen LogP contribution in [0.15, 0.2) is 52.3 Å². The lowest BCUT2D eigenvalue weighted by Gasteiger charge is -2.03. The maximum absolute atomic E-state index is 10.8. The summed E-state index contributed by atoms with van der Waals surface area (Å²) < 4.78 is 0. The Balaban J connectivity index is 2.24. The van der Waals surface area contributed by atoms with E-state index in [-0.39, 0.29) is 5.56 Å². The van der Waals surface area contributed by atoms with E-state index in [9.17, 15) is 4.79 Å². The molecule has 4 nitrogen and oxygen atoms in total. The highest BCUT2D eigenvalue weighted by molar-refractivity contribution is 7.99. The summed E-state index contributed by atoms with van der Waals surface area (Å²) in [7, 11) is 0. The molecule has 0 saturated heterocycles. The highest BCUT2D eigenvalue weighted by Crippen LogP contribution is 2.29. The minimum atomic E-state index is -0.966. The monoisotopic (exact) mass is 280 g/mol. The van der Waals surface area contributed by atoms with Gasteiger partial charge < -0.3 is 5.11 Å². The van der Waals surface area contributed by atoms with Crippen LogP contribution in [0, 0.1) is 22.7 Å². The molecule has 0 unspecified atom stereocenters. The van der Waals surface area contributed by atoms with Gasteiger partial charge in [-0.15, -0.1) is 0 Å². The molecular formula is C15H8N2O2S. The summed E-state index contributed by atoms with van der Waals surface area (Å²) in [5.74, 6) is -0.966. The van der Waals surface area contributed by atoms with Crippen LogP contribution < -0.4 is 0 Å². The number of carboxylic acids is 1. The van der Waals surface area contributed by atoms with Crippen molar-refractivity contribution in [3.05, 3.63) is 59.2 Å². The van der Waals surface area contributed by atoms with Crippen LogP contribution in [0.4, 0.5) is 0 Å². The van der Waals surface area contributed by atoms with Gasteiger partial charge in [-0.25, -0.2) is 4.79 Å². The first-order valence-corrected chi connectivity index (χ1v) is 6.41. The van der Waals surface area contributed by atoms with Gasteiger partial charge in [-0.3, -0.25) is 0 Å². The summed E-state index contributed by atoms with van der Waals surface area (Å²) in [5, 5.41) is 26.6. The lowest BCUT2D eigenvalue weighted by atomic mass is 10.1. The molecule has 0 atom stereocenters. The third-order valence-electron chi connectivity index (χ3n) is 2.57. The molecule has 2 rings (SSSR count). The van der Waals surface area contributed by atoms with Crippen molar-refractivity contribution in [2.24, 2.45) is 0 Å². The Kier molecular flexibility index (Phi) is 4.05. The Morgan fingerprint density at radius 1 is 0.950 bits per heavy atom. The van der Waals surface area contributed by atoms with Crippen molar-refractivity contribution in [1.29, 1.82) is 10.5 Å². The molecule has 5 heteroatoms. The number of nitriles is 2. The highest BCUT2D eigenvalue weighted by Gasteiger charge is 2.06. The number of aromatic carboxylic acids is 1. The van der Waals surface area contributed by atoms with Crippen LogP contribution in [0.2, 0.25) is 0 Å². The first-order valence-electron chi connectivity index (χ1n) is 5.59. The number of nitrogens with zero attached hydrogens (tertiary/aromatic N) is 2. The molecule has 2 aromatic carbocycles. The molecule has 0 heterocycles. The van der Waals surface area contributed by atoms with Crippen LogP contribution in [0.1, 0.15) is 21.5 Å². The van der Waals surface area contributed by atoms with E-state index < -0.39 is 5.97 Å². The standard InChI is InChI=1S/C15H8N2O2S/c16-8-11-3-6-14(7-12(11)9-17)20-13-4-1-10(2-5-13)15(18)19/h1-7H,(H,18,19). The molecule has 0 aliphatic heterocycles. The molecule has 0 bridgehead atoms. The van der Waals surface area contributed by atoms with E-state index in [4.69, 9.17) is 15.6 Å². The predicted octanol–water partition coefficient (Wildman–Crippen LogP) is 3.28. The van der Waals surface area contributed by atoms with Crippen LogP contribution in [0.25, 0.3) is 0 Å². The number of carbonyl (C=O) groups is 1. The lowest BCUT2D eigenvalue weighted by molar-refractivity contribution is 0.0697. The Labute approximate surface area is 119 Å². The molecule has 2 aromatic rings. The van der Waals surface area contributed by atoms with Crippen molar-refractivity contribution >= 4 is 17.7 Å². The Bertz CT molecular complexity index is 740. The second kappa shape index (κ2) is 5.92. The first-order chi connectivity index (χ1) is 9.63. The number of hydrogen-bond donors (Lipinski definition) is 1. The average Bonchev–Trinajstić information content (AvgIpc) is 2.47. The van der Waals surface area contributed by atoms with Crippen LogP contribution >= 0.6 is 11.8 Å². The third-order valence-corrected chi connectivity index (χ3v) is 3.57. The molecule has 0 aromatic heterocycles. The quantitative estimate of drug-likeness (QED) is 0.932. The zero-order valence-electron chi connectivity index (χ0n) is 10.2. The van der Waals surface area contributed by atoms with E-state index in [1.807, 2.05) is 12.1 Å². The number of hydrogen-bond acceptors (Lipinski definition) is 4. The van der Waals surface area contributed by atoms with Gasteiger partial charge in [0, 0.05) is 9.79 Å². The normalized spacial score (nSPS) is 9.50. The van der Waals surface area contributed by atoms with Crippen molar-refractivity contribution in [3.63, 3.8) is 0 Å². The van der Waals surface area contributed by atoms with Gasteiger partial charge in [0.2, 0.25) is 0 Å². The number of benzene rings is 2. The van der Waals surface area contributed by atoms with Crippen molar-refractivity contribution in [2.45, 2.75) is 9.79 Å². The summed E-state index contributed by atoms with van der Waals surface area (Å²) in [4.78, 5) is 12.4. The topological polar surface area (TPSA) is 84.9 Å². The summed E-state index contributed by atoms with van der Waals surface area (Å²) in [6.45, 7) is 0. The SMILES string of the molecule is N#Cc1ccc(Sc2ccc(C(=O)O)cc2)cc1C#N. The number of carboxylic acid groups (broad SMARTS) is 1. The van der Waals surface area contributed by atoms with Crippen LogP contribution in [0.5, 0.6) is 0 Å². The summed E-state index contributed by atoms with van der Waals surface area (Å²) in [5.41, 5.74) is 0.907. The third kappa shape index (κ3) is 2.97. The predicted molar refractivity (Wildman–Crippen MR) is 73.4 cm³/mol. The molecule has 0 aliphatic rings. The fourth-order valence-corrected chi connectivity index (χ4v) is 2.44. The first kappa shape index (κ1) is 13.7. The van der Waals surface area contributed by atoms with Gasteiger partial charge >= 0.3 is 5.97 Å². The van der Waals surface area contributed by atoms with Crippen molar-refractivity contribution in [3.8, 4) is 12.1 Å². The lowest BCUT2D eigenvalue weighted by Crippen LogP contribution is -1.94. The van der Waals surface area contributed by atoms with Crippen molar-refractivity contribution < 1.29 is 9.90 Å². The van der Waals surface area contributed by atoms with Gasteiger partial charge in [-0.05, 0) is 42.5 Å². The Morgan fingerprint density at radius 3 is 2.10 bits per heavy atom. The zero-order valence-corrected chi connectivity index (χ0v) is 11.0. The van der Waals surface area contributed by atoms with E-state index >= 15 is 0 Å². The second-order valence-corrected chi connectivity index (χ2v) is 5.01. The molecule has 1 N–H and O–H groups in total. The van der Waals surface area contributed by atoms with E-state index in [1.165, 1.54) is 23.9 Å². The van der Waals surface area contributed by atoms with Gasteiger partial charge in [-0.2, -0.15) is 10.5 Å². The molecule has 0 spiro atoms. The maximum Gasteiger partial charge on any atom is 0.335 e. The van der Waals surface area contributed by atoms with E-state index in [1.54, 1.807) is 30.3 Å². The number of rotatable bonds is 3. The van der Waals surface area contributed by atoms with Gasteiger partial charge in [0.05, 0.1) is 16.7 Å². The van der Waals surface area contributed by atoms with Gasteiger partial charge in [-0.1, -0.05) is 11.8 Å². The smallest absolute Gasteiger partial charge is 0.335 e. The fraction of sp³-hybridized carbons (Fsp3) is 0. The van der Waals surface area contributed by atoms with E-state index in [0.29, 0.717) is 11.1 Å². The molecule has 0 fully saturated rings. The van der Waals surface area contributed by atoms with Gasteiger partial charge in [0.25, 0.3) is 0 Å². The summed E-state index contributed by atoms with van der Waals surface area (Å²) in [6, 6.07) is 15.4. The van der Waals surface area contributed by atoms with Crippen LogP contribution in [-0.2, 0) is 0 Å². The highest BCUT2D eigenvalue weighted by atomic mass is 32.2. The van der Waals surface area contributed by atoms with E-state index in [0.717, 1.165) is 9.79 Å². The maximum atomic E-state index is 10.8. The minimum Gasteiger partial charge on any atom is -0.478 e. The Morgan fingerprint density at radius 2 is 1.55 bits per heavy atom. The average molecular weight is 280 g/mol. The largest absolute Gasteiger partial charge is 0.478 e. The van der Waals surface area contributed by atoms with Crippen LogP contribution in [0.3, 0.4) is 0 Å². The zero-order chi connectivity index (χ0) is 14.5. The minimum absolute atomic E-state index is 0.229. The molecule has 0 saturated carbocycles. The molecule has 96 valence electrons. The molecule has 0 radical (unpaired) electrons. The van der Waals surface area contributed by atoms with E-state index in [2.05, 4.69) is 0 Å². The van der Waals surface area contributed by atoms with Crippen molar-refractivity contribution in [1.82, 2.24) is 0 Å². The fourth-order valence-electron chi connectivity index (χ4n) is 1.58.